The molecule has 0 aliphatic heterocycles. The van der Waals surface area contributed by atoms with Crippen LogP contribution in [0.15, 0.2) is 53.7 Å². The van der Waals surface area contributed by atoms with Crippen LogP contribution in [-0.4, -0.2) is 31.8 Å². The average molecular weight is 381 g/mol. The smallest absolute Gasteiger partial charge is 0.236 e. The lowest BCUT2D eigenvalue weighted by molar-refractivity contribution is -0.113. The minimum Gasteiger partial charge on any atom is -0.333 e. The van der Waals surface area contributed by atoms with Gasteiger partial charge in [0.25, 0.3) is 0 Å². The lowest BCUT2D eigenvalue weighted by Gasteiger charge is -2.00. The number of carbonyl (C=O) groups excluding carboxylic acids is 1. The van der Waals surface area contributed by atoms with E-state index >= 15 is 0 Å². The van der Waals surface area contributed by atoms with E-state index in [9.17, 15) is 4.79 Å². The van der Waals surface area contributed by atoms with E-state index in [4.69, 9.17) is 0 Å². The lowest BCUT2D eigenvalue weighted by atomic mass is 10.1. The monoisotopic (exact) mass is 381 g/mol. The van der Waals surface area contributed by atoms with E-state index in [0.717, 1.165) is 32.3 Å². The maximum atomic E-state index is 12.2. The Bertz CT molecular complexity index is 1040. The molecule has 26 heavy (non-hydrogen) atoms. The first-order chi connectivity index (χ1) is 12.7. The molecule has 0 atom stereocenters. The third kappa shape index (κ3) is 3.61. The second-order valence-corrected chi connectivity index (χ2v) is 7.56. The molecule has 130 valence electrons. The molecule has 0 spiro atoms. The van der Waals surface area contributed by atoms with Crippen LogP contribution in [0, 0.1) is 6.92 Å². The van der Waals surface area contributed by atoms with Crippen LogP contribution in [-0.2, 0) is 4.79 Å². The van der Waals surface area contributed by atoms with Crippen LogP contribution >= 0.6 is 23.1 Å². The molecule has 1 amide bonds. The molecule has 0 saturated heterocycles. The van der Waals surface area contributed by atoms with Crippen LogP contribution in [0.2, 0.25) is 0 Å². The Labute approximate surface area is 158 Å². The fraction of sp³-hybridized carbons (Fsp3) is 0.111. The molecule has 2 N–H and O–H groups in total. The molecule has 0 unspecified atom stereocenters. The maximum Gasteiger partial charge on any atom is 0.236 e. The number of aromatic amines is 1. The molecule has 2 aromatic carbocycles. The highest BCUT2D eigenvalue weighted by Gasteiger charge is 2.12. The van der Waals surface area contributed by atoms with Crippen molar-refractivity contribution in [3.8, 4) is 10.6 Å². The fourth-order valence-corrected chi connectivity index (χ4v) is 4.02. The van der Waals surface area contributed by atoms with Crippen molar-refractivity contribution in [2.24, 2.45) is 0 Å². The number of nitrogens with one attached hydrogen (secondary N) is 2. The lowest BCUT2D eigenvalue weighted by Crippen LogP contribution is -2.13. The number of benzene rings is 2. The number of imidazole rings is 1. The number of aromatic nitrogens is 4. The fourth-order valence-electron chi connectivity index (χ4n) is 2.48. The van der Waals surface area contributed by atoms with Crippen LogP contribution in [0.4, 0.5) is 5.13 Å². The van der Waals surface area contributed by atoms with Gasteiger partial charge in [-0.3, -0.25) is 10.1 Å². The number of para-hydroxylation sites is 2. The van der Waals surface area contributed by atoms with Crippen molar-refractivity contribution < 1.29 is 4.79 Å². The summed E-state index contributed by atoms with van der Waals surface area (Å²) in [7, 11) is 0. The predicted molar refractivity (Wildman–Crippen MR) is 106 cm³/mol. The number of nitrogens with zero attached hydrogens (tertiary/aromatic N) is 3. The highest BCUT2D eigenvalue weighted by molar-refractivity contribution is 7.99. The molecule has 0 aliphatic rings. The van der Waals surface area contributed by atoms with E-state index < -0.39 is 0 Å². The largest absolute Gasteiger partial charge is 0.333 e. The summed E-state index contributed by atoms with van der Waals surface area (Å²) in [4.78, 5) is 19.8. The number of hydrogen-bond donors (Lipinski definition) is 2. The standard InChI is InChI=1S/C18H15N5OS2/c1-11-6-2-3-7-12(11)16-22-23-18(26-16)21-15(24)10-25-17-19-13-8-4-5-9-14(13)20-17/h2-9H,10H2,1H3,(H,19,20)(H,21,23,24). The molecule has 0 bridgehead atoms. The predicted octanol–water partition coefficient (Wildman–Crippen LogP) is 4.12. The van der Waals surface area contributed by atoms with Crippen molar-refractivity contribution in [2.45, 2.75) is 12.1 Å². The van der Waals surface area contributed by atoms with E-state index in [-0.39, 0.29) is 11.7 Å². The van der Waals surface area contributed by atoms with Gasteiger partial charge in [-0.05, 0) is 24.6 Å². The SMILES string of the molecule is Cc1ccccc1-c1nnc(NC(=O)CSc2nc3ccccc3[nH]2)s1. The van der Waals surface area contributed by atoms with Crippen molar-refractivity contribution in [1.29, 1.82) is 0 Å². The third-order valence-corrected chi connectivity index (χ3v) is 5.50. The zero-order chi connectivity index (χ0) is 17.9. The Balaban J connectivity index is 1.38. The number of aryl methyl sites for hydroxylation is 1. The van der Waals surface area contributed by atoms with Crippen LogP contribution < -0.4 is 5.32 Å². The van der Waals surface area contributed by atoms with Crippen LogP contribution in [0.3, 0.4) is 0 Å². The number of carbonyl (C=O) groups is 1. The molecule has 0 aliphatic carbocycles. The third-order valence-electron chi connectivity index (χ3n) is 3.75. The van der Waals surface area contributed by atoms with E-state index in [2.05, 4.69) is 25.5 Å². The zero-order valence-electron chi connectivity index (χ0n) is 13.9. The molecular formula is C18H15N5OS2. The van der Waals surface area contributed by atoms with E-state index in [1.165, 1.54) is 23.1 Å². The van der Waals surface area contributed by atoms with Crippen LogP contribution in [0.25, 0.3) is 21.6 Å². The summed E-state index contributed by atoms with van der Waals surface area (Å²) >= 11 is 2.72. The molecule has 4 aromatic rings. The topological polar surface area (TPSA) is 83.6 Å². The number of H-pyrrole nitrogens is 1. The number of hydrogen-bond acceptors (Lipinski definition) is 6. The Kier molecular flexibility index (Phi) is 4.68. The summed E-state index contributed by atoms with van der Waals surface area (Å²) in [6, 6.07) is 15.8. The molecule has 8 heteroatoms. The number of anilines is 1. The first kappa shape index (κ1) is 16.7. The summed E-state index contributed by atoms with van der Waals surface area (Å²) in [6.45, 7) is 2.03. The maximum absolute atomic E-state index is 12.2. The summed E-state index contributed by atoms with van der Waals surface area (Å²) in [5.74, 6) is 0.113. The normalized spacial score (nSPS) is 11.0. The number of fused-ring (bicyclic) bond motifs is 1. The minimum absolute atomic E-state index is 0.136. The van der Waals surface area contributed by atoms with Gasteiger partial charge in [0, 0.05) is 5.56 Å². The molecule has 6 nitrogen and oxygen atoms in total. The minimum atomic E-state index is -0.136. The Hall–Kier alpha value is -2.71. The van der Waals surface area contributed by atoms with Gasteiger partial charge in [0.2, 0.25) is 11.0 Å². The van der Waals surface area contributed by atoms with Gasteiger partial charge in [0.15, 0.2) is 5.16 Å². The molecule has 0 saturated carbocycles. The van der Waals surface area contributed by atoms with Crippen LogP contribution in [0.1, 0.15) is 5.56 Å². The summed E-state index contributed by atoms with van der Waals surface area (Å²) in [5, 5.41) is 13.1. The highest BCUT2D eigenvalue weighted by atomic mass is 32.2. The van der Waals surface area contributed by atoms with Crippen LogP contribution in [0.5, 0.6) is 0 Å². The van der Waals surface area contributed by atoms with E-state index in [1.54, 1.807) is 0 Å². The highest BCUT2D eigenvalue weighted by Crippen LogP contribution is 2.28. The van der Waals surface area contributed by atoms with Crippen molar-refractivity contribution >= 4 is 45.2 Å². The molecule has 4 rings (SSSR count). The molecular weight excluding hydrogens is 366 g/mol. The number of rotatable bonds is 5. The van der Waals surface area contributed by atoms with Crippen molar-refractivity contribution in [3.05, 3.63) is 54.1 Å². The van der Waals surface area contributed by atoms with Gasteiger partial charge < -0.3 is 4.98 Å². The Morgan fingerprint density at radius 2 is 1.96 bits per heavy atom. The average Bonchev–Trinajstić information content (AvgIpc) is 3.27. The first-order valence-corrected chi connectivity index (χ1v) is 9.76. The molecule has 2 aromatic heterocycles. The van der Waals surface area contributed by atoms with E-state index in [1.807, 2.05) is 55.5 Å². The van der Waals surface area contributed by atoms with Crippen molar-refractivity contribution in [2.75, 3.05) is 11.1 Å². The zero-order valence-corrected chi connectivity index (χ0v) is 15.5. The molecule has 2 heterocycles. The first-order valence-electron chi connectivity index (χ1n) is 7.96. The Morgan fingerprint density at radius 3 is 2.81 bits per heavy atom. The molecule has 0 fully saturated rings. The summed E-state index contributed by atoms with van der Waals surface area (Å²) in [5.41, 5.74) is 4.01. The quantitative estimate of drug-likeness (QED) is 0.508. The number of thioether (sulfide) groups is 1. The van der Waals surface area contributed by atoms with Gasteiger partial charge >= 0.3 is 0 Å². The molecule has 0 radical (unpaired) electrons. The van der Waals surface area contributed by atoms with Crippen molar-refractivity contribution in [3.63, 3.8) is 0 Å². The van der Waals surface area contributed by atoms with Gasteiger partial charge in [-0.2, -0.15) is 0 Å². The van der Waals surface area contributed by atoms with Crippen molar-refractivity contribution in [1.82, 2.24) is 20.2 Å². The van der Waals surface area contributed by atoms with Gasteiger partial charge in [0.05, 0.1) is 16.8 Å². The second kappa shape index (κ2) is 7.27. The summed E-state index contributed by atoms with van der Waals surface area (Å²) < 4.78 is 0. The Morgan fingerprint density at radius 1 is 1.15 bits per heavy atom. The van der Waals surface area contributed by atoms with E-state index in [0.29, 0.717) is 5.13 Å². The summed E-state index contributed by atoms with van der Waals surface area (Å²) in [6.07, 6.45) is 0. The van der Waals surface area contributed by atoms with Gasteiger partial charge in [-0.25, -0.2) is 4.98 Å². The number of amides is 1. The van der Waals surface area contributed by atoms with Gasteiger partial charge in [-0.1, -0.05) is 59.5 Å². The van der Waals surface area contributed by atoms with Gasteiger partial charge in [-0.15, -0.1) is 10.2 Å². The van der Waals surface area contributed by atoms with Gasteiger partial charge in [0.1, 0.15) is 5.01 Å². The second-order valence-electron chi connectivity index (χ2n) is 5.62.